The minimum absolute atomic E-state index is 0.213. The molecule has 2 rings (SSSR count). The zero-order chi connectivity index (χ0) is 13.2. The van der Waals surface area contributed by atoms with Crippen LogP contribution in [0.4, 0.5) is 5.82 Å². The third kappa shape index (κ3) is 3.42. The number of nitrogens with zero attached hydrogens (tertiary/aromatic N) is 1. The van der Waals surface area contributed by atoms with Crippen LogP contribution in [0.25, 0.3) is 0 Å². The summed E-state index contributed by atoms with van der Waals surface area (Å²) in [5, 5.41) is 0. The van der Waals surface area contributed by atoms with Crippen molar-refractivity contribution in [3.63, 3.8) is 0 Å². The van der Waals surface area contributed by atoms with Gasteiger partial charge < -0.3 is 0 Å². The minimum Gasteiger partial charge on any atom is -0.263 e. The van der Waals surface area contributed by atoms with Gasteiger partial charge in [0.1, 0.15) is 10.4 Å². The molecule has 0 spiro atoms. The van der Waals surface area contributed by atoms with Gasteiger partial charge in [0.2, 0.25) is 0 Å². The molecule has 18 heavy (non-hydrogen) atoms. The van der Waals surface area contributed by atoms with Crippen molar-refractivity contribution >= 4 is 54.4 Å². The van der Waals surface area contributed by atoms with Gasteiger partial charge in [-0.25, -0.2) is 13.4 Å². The minimum atomic E-state index is -3.58. The van der Waals surface area contributed by atoms with E-state index in [0.717, 1.165) is 3.57 Å². The maximum Gasteiger partial charge on any atom is 0.263 e. The molecule has 94 valence electrons. The van der Waals surface area contributed by atoms with Gasteiger partial charge in [-0.1, -0.05) is 6.07 Å². The number of aromatic nitrogens is 1. The second-order valence-electron chi connectivity index (χ2n) is 3.40. The van der Waals surface area contributed by atoms with E-state index in [-0.39, 0.29) is 10.7 Å². The van der Waals surface area contributed by atoms with Crippen LogP contribution in [0.15, 0.2) is 52.0 Å². The van der Waals surface area contributed by atoms with Gasteiger partial charge in [0.05, 0.1) is 4.90 Å². The maximum absolute atomic E-state index is 12.1. The molecule has 0 atom stereocenters. The molecule has 1 aromatic heterocycles. The Bertz CT molecular complexity index is 659. The fourth-order valence-corrected chi connectivity index (χ4v) is 2.98. The van der Waals surface area contributed by atoms with Gasteiger partial charge in [-0.15, -0.1) is 0 Å². The molecule has 1 heterocycles. The Morgan fingerprint density at radius 1 is 1.11 bits per heavy atom. The van der Waals surface area contributed by atoms with E-state index < -0.39 is 10.0 Å². The van der Waals surface area contributed by atoms with Crippen molar-refractivity contribution < 1.29 is 8.42 Å². The first-order valence-electron chi connectivity index (χ1n) is 4.88. The zero-order valence-corrected chi connectivity index (χ0v) is 13.5. The van der Waals surface area contributed by atoms with Gasteiger partial charge in [0.15, 0.2) is 0 Å². The first-order valence-corrected chi connectivity index (χ1v) is 8.24. The lowest BCUT2D eigenvalue weighted by molar-refractivity contribution is 0.601. The summed E-state index contributed by atoms with van der Waals surface area (Å²) in [7, 11) is -3.58. The van der Waals surface area contributed by atoms with Crippen LogP contribution in [0, 0.1) is 3.57 Å². The van der Waals surface area contributed by atoms with E-state index in [1.165, 1.54) is 0 Å². The van der Waals surface area contributed by atoms with Gasteiger partial charge >= 0.3 is 0 Å². The van der Waals surface area contributed by atoms with E-state index in [1.54, 1.807) is 42.5 Å². The molecule has 0 unspecified atom stereocenters. The molecule has 0 saturated carbocycles. The predicted molar refractivity (Wildman–Crippen MR) is 81.9 cm³/mol. The molecule has 0 amide bonds. The SMILES string of the molecule is O=S(=O)(Nc1cccc(Br)n1)c1ccc(I)cc1. The monoisotopic (exact) mass is 438 g/mol. The summed E-state index contributed by atoms with van der Waals surface area (Å²) in [6, 6.07) is 11.6. The standard InChI is InChI=1S/C11H8BrIN2O2S/c12-10-2-1-3-11(14-10)15-18(16,17)9-6-4-8(13)5-7-9/h1-7H,(H,14,15). The Kier molecular flexibility index (Phi) is 4.23. The van der Waals surface area contributed by atoms with Gasteiger partial charge in [-0.05, 0) is 74.9 Å². The topological polar surface area (TPSA) is 59.1 Å². The lowest BCUT2D eigenvalue weighted by Gasteiger charge is -2.07. The molecule has 1 aromatic carbocycles. The number of anilines is 1. The summed E-state index contributed by atoms with van der Waals surface area (Å²) in [4.78, 5) is 4.24. The molecule has 4 nitrogen and oxygen atoms in total. The third-order valence-electron chi connectivity index (χ3n) is 2.08. The second kappa shape index (κ2) is 5.54. The molecule has 7 heteroatoms. The molecule has 0 aliphatic rings. The lowest BCUT2D eigenvalue weighted by atomic mass is 10.4. The Morgan fingerprint density at radius 3 is 2.39 bits per heavy atom. The highest BCUT2D eigenvalue weighted by atomic mass is 127. The average Bonchev–Trinajstić information content (AvgIpc) is 2.29. The van der Waals surface area contributed by atoms with Gasteiger partial charge in [-0.2, -0.15) is 0 Å². The van der Waals surface area contributed by atoms with Crippen molar-refractivity contribution in [1.29, 1.82) is 0 Å². The van der Waals surface area contributed by atoms with E-state index in [4.69, 9.17) is 0 Å². The Hall–Kier alpha value is -0.670. The van der Waals surface area contributed by atoms with E-state index in [1.807, 2.05) is 0 Å². The number of hydrogen-bond acceptors (Lipinski definition) is 3. The largest absolute Gasteiger partial charge is 0.263 e. The van der Waals surface area contributed by atoms with E-state index in [9.17, 15) is 8.42 Å². The average molecular weight is 439 g/mol. The van der Waals surface area contributed by atoms with Crippen LogP contribution >= 0.6 is 38.5 Å². The molecular weight excluding hydrogens is 431 g/mol. The fourth-order valence-electron chi connectivity index (χ4n) is 1.28. The van der Waals surface area contributed by atoms with Crippen molar-refractivity contribution in [1.82, 2.24) is 4.98 Å². The normalized spacial score (nSPS) is 11.2. The number of benzene rings is 1. The van der Waals surface area contributed by atoms with Crippen molar-refractivity contribution in [3.8, 4) is 0 Å². The van der Waals surface area contributed by atoms with Crippen LogP contribution in [0.3, 0.4) is 0 Å². The van der Waals surface area contributed by atoms with Gasteiger partial charge in [-0.3, -0.25) is 4.72 Å². The number of halogens is 2. The molecular formula is C11H8BrIN2O2S. The highest BCUT2D eigenvalue weighted by Gasteiger charge is 2.14. The predicted octanol–water partition coefficient (Wildman–Crippen LogP) is 3.25. The molecule has 2 aromatic rings. The van der Waals surface area contributed by atoms with Gasteiger partial charge in [0.25, 0.3) is 10.0 Å². The molecule has 0 aliphatic carbocycles. The summed E-state index contributed by atoms with van der Waals surface area (Å²) < 4.78 is 28.1. The Balaban J connectivity index is 2.30. The molecule has 0 radical (unpaired) electrons. The molecule has 0 aliphatic heterocycles. The molecule has 0 saturated heterocycles. The van der Waals surface area contributed by atoms with Crippen molar-refractivity contribution in [2.75, 3.05) is 4.72 Å². The van der Waals surface area contributed by atoms with Crippen LogP contribution in [0.2, 0.25) is 0 Å². The number of hydrogen-bond donors (Lipinski definition) is 1. The molecule has 0 fully saturated rings. The second-order valence-corrected chi connectivity index (χ2v) is 7.15. The van der Waals surface area contributed by atoms with E-state index in [2.05, 4.69) is 48.2 Å². The van der Waals surface area contributed by atoms with Crippen LogP contribution < -0.4 is 4.72 Å². The maximum atomic E-state index is 12.1. The quantitative estimate of drug-likeness (QED) is 0.591. The summed E-state index contributed by atoms with van der Waals surface area (Å²) in [5.74, 6) is 0.280. The third-order valence-corrected chi connectivity index (χ3v) is 4.61. The van der Waals surface area contributed by atoms with Crippen LogP contribution in [-0.2, 0) is 10.0 Å². The number of nitrogens with one attached hydrogen (secondary N) is 1. The molecule has 1 N–H and O–H groups in total. The van der Waals surface area contributed by atoms with Gasteiger partial charge in [0, 0.05) is 3.57 Å². The number of pyridine rings is 1. The first-order chi connectivity index (χ1) is 8.47. The highest BCUT2D eigenvalue weighted by Crippen LogP contribution is 2.17. The van der Waals surface area contributed by atoms with E-state index >= 15 is 0 Å². The number of rotatable bonds is 3. The van der Waals surface area contributed by atoms with Crippen LogP contribution in [0.5, 0.6) is 0 Å². The Labute approximate surface area is 127 Å². The van der Waals surface area contributed by atoms with Crippen LogP contribution in [-0.4, -0.2) is 13.4 Å². The number of sulfonamides is 1. The summed E-state index contributed by atoms with van der Waals surface area (Å²) >= 11 is 5.31. The van der Waals surface area contributed by atoms with Crippen LogP contribution in [0.1, 0.15) is 0 Å². The smallest absolute Gasteiger partial charge is 0.263 e. The highest BCUT2D eigenvalue weighted by molar-refractivity contribution is 14.1. The fraction of sp³-hybridized carbons (Fsp3) is 0. The van der Waals surface area contributed by atoms with Crippen molar-refractivity contribution in [2.45, 2.75) is 4.90 Å². The summed E-state index contributed by atoms with van der Waals surface area (Å²) in [5.41, 5.74) is 0. The van der Waals surface area contributed by atoms with Crippen molar-refractivity contribution in [3.05, 3.63) is 50.6 Å². The summed E-state index contributed by atoms with van der Waals surface area (Å²) in [6.45, 7) is 0. The summed E-state index contributed by atoms with van der Waals surface area (Å²) in [6.07, 6.45) is 0. The first kappa shape index (κ1) is 13.8. The Morgan fingerprint density at radius 2 is 1.78 bits per heavy atom. The zero-order valence-electron chi connectivity index (χ0n) is 8.97. The van der Waals surface area contributed by atoms with E-state index in [0.29, 0.717) is 4.60 Å². The molecule has 0 bridgehead atoms. The van der Waals surface area contributed by atoms with Crippen molar-refractivity contribution in [2.24, 2.45) is 0 Å². The lowest BCUT2D eigenvalue weighted by Crippen LogP contribution is -2.13.